The monoisotopic (exact) mass is 333 g/mol. The third kappa shape index (κ3) is 6.69. The topological polar surface area (TPSA) is 74.5 Å². The summed E-state index contributed by atoms with van der Waals surface area (Å²) in [5, 5.41) is 0. The van der Waals surface area contributed by atoms with Crippen LogP contribution in [0.5, 0.6) is 0 Å². The Morgan fingerprint density at radius 3 is 1.58 bits per heavy atom. The van der Waals surface area contributed by atoms with Crippen LogP contribution in [0.3, 0.4) is 0 Å². The molecule has 0 unspecified atom stereocenters. The van der Waals surface area contributed by atoms with E-state index in [1.165, 1.54) is 0 Å². The normalized spacial score (nSPS) is 13.7. The van der Waals surface area contributed by atoms with Crippen molar-refractivity contribution in [3.8, 4) is 0 Å². The Morgan fingerprint density at radius 1 is 0.947 bits per heavy atom. The number of halogens is 8. The molecule has 0 N–H and O–H groups in total. The quantitative estimate of drug-likeness (QED) is 0.484. The zero-order valence-electron chi connectivity index (χ0n) is 8.51. The molecule has 0 heterocycles. The summed E-state index contributed by atoms with van der Waals surface area (Å²) in [6.45, 7) is 0. The predicted octanol–water partition coefficient (Wildman–Crippen LogP) is -1.13. The van der Waals surface area contributed by atoms with Gasteiger partial charge in [-0.25, -0.2) is 13.2 Å². The van der Waals surface area contributed by atoms with Gasteiger partial charge in [0.05, 0.1) is 0 Å². The minimum Gasteiger partial charge on any atom is -0.531 e. The Kier molecular flexibility index (Phi) is 6.75. The number of hydrogen-bond donors (Lipinski definition) is 0. The largest absolute Gasteiger partial charge is 1.00 e. The molecule has 0 radical (unpaired) electrons. The van der Waals surface area contributed by atoms with E-state index in [-0.39, 0.29) is 29.6 Å². The van der Waals surface area contributed by atoms with E-state index in [0.717, 1.165) is 4.72 Å². The van der Waals surface area contributed by atoms with Gasteiger partial charge in [-0.1, -0.05) is 0 Å². The summed E-state index contributed by atoms with van der Waals surface area (Å²) in [4.78, 5) is 10.2. The molecule has 0 aliphatic carbocycles. The molecule has 15 heteroatoms. The fourth-order valence-corrected chi connectivity index (χ4v) is 0.831. The molecule has 0 aliphatic rings. The van der Waals surface area contributed by atoms with Crippen molar-refractivity contribution in [2.24, 2.45) is 0 Å². The fraction of sp³-hybridized carbons (Fsp3) is 0.750. The summed E-state index contributed by atoms with van der Waals surface area (Å²) in [7, 11) is -6.69. The Hall–Kier alpha value is -0.180. The minimum absolute atomic E-state index is 0. The van der Waals surface area contributed by atoms with Crippen LogP contribution in [0.1, 0.15) is 0 Å². The molecule has 5 nitrogen and oxygen atoms in total. The van der Waals surface area contributed by atoms with E-state index in [1.54, 1.807) is 0 Å². The van der Waals surface area contributed by atoms with Gasteiger partial charge < -0.3 is 9.52 Å². The molecule has 1 amide bonds. The van der Waals surface area contributed by atoms with Crippen LogP contribution in [0.25, 0.3) is 4.72 Å². The van der Waals surface area contributed by atoms with E-state index in [1.807, 2.05) is 4.74 Å². The fourth-order valence-electron chi connectivity index (χ4n) is 0.403. The van der Waals surface area contributed by atoms with E-state index in [0.29, 0.717) is 0 Å². The zero-order valence-corrected chi connectivity index (χ0v) is 11.3. The number of carbonyl (C=O) groups excluding carboxylic acids is 1. The van der Waals surface area contributed by atoms with Crippen LogP contribution in [-0.2, 0) is 19.6 Å². The van der Waals surface area contributed by atoms with Crippen molar-refractivity contribution in [3.63, 3.8) is 0 Å². The average molecular weight is 333 g/mol. The second kappa shape index (κ2) is 6.07. The molecule has 0 bridgehead atoms. The minimum atomic E-state index is -6.69. The molecule has 0 aromatic rings. The van der Waals surface area contributed by atoms with Crippen LogP contribution < -0.4 is 29.6 Å². The van der Waals surface area contributed by atoms with Gasteiger partial charge in [0.15, 0.2) is 15.9 Å². The Balaban J connectivity index is 0. The summed E-state index contributed by atoms with van der Waals surface area (Å²) in [5.74, 6) is -3.56. The molecule has 0 fully saturated rings. The molecule has 19 heavy (non-hydrogen) atoms. The molecule has 108 valence electrons. The summed E-state index contributed by atoms with van der Waals surface area (Å²) in [5.41, 5.74) is -6.21. The van der Waals surface area contributed by atoms with Gasteiger partial charge in [0.2, 0.25) is 0 Å². The van der Waals surface area contributed by atoms with Crippen molar-refractivity contribution < 1.29 is 82.6 Å². The van der Waals surface area contributed by atoms with E-state index in [9.17, 15) is 48.3 Å². The van der Waals surface area contributed by atoms with E-state index >= 15 is 0 Å². The van der Waals surface area contributed by atoms with E-state index in [2.05, 4.69) is 0 Å². The number of nitrogens with zero attached hydrogens (tertiary/aromatic N) is 1. The van der Waals surface area contributed by atoms with Gasteiger partial charge in [-0.15, -0.1) is 13.2 Å². The summed E-state index contributed by atoms with van der Waals surface area (Å²) < 4.78 is 116. The second-order valence-electron chi connectivity index (χ2n) is 2.38. The van der Waals surface area contributed by atoms with Crippen LogP contribution >= 0.6 is 0 Å². The first-order valence-electron chi connectivity index (χ1n) is 3.32. The first kappa shape index (κ1) is 21.1. The molecular weight excluding hydrogens is 333 g/mol. The number of rotatable bonds is 3. The molecule has 0 aromatic heterocycles. The van der Waals surface area contributed by atoms with Crippen molar-refractivity contribution in [2.45, 2.75) is 18.0 Å². The predicted molar refractivity (Wildman–Crippen MR) is 35.4 cm³/mol. The molecule has 0 rings (SSSR count). The van der Waals surface area contributed by atoms with Crippen LogP contribution in [0.4, 0.5) is 35.1 Å². The van der Waals surface area contributed by atoms with Crippen molar-refractivity contribution in [2.75, 3.05) is 0 Å². The first-order valence-corrected chi connectivity index (χ1v) is 4.76. The number of ether oxygens (including phenoxy) is 1. The van der Waals surface area contributed by atoms with Crippen LogP contribution in [0.2, 0.25) is 0 Å². The van der Waals surface area contributed by atoms with Gasteiger partial charge in [-0.3, -0.25) is 0 Å². The Labute approximate surface area is 121 Å². The molecule has 0 aliphatic heterocycles. The van der Waals surface area contributed by atoms with Gasteiger partial charge in [0, 0.05) is 0 Å². The number of amides is 1. The van der Waals surface area contributed by atoms with Crippen LogP contribution in [0.15, 0.2) is 0 Å². The van der Waals surface area contributed by atoms with Gasteiger partial charge in [-0.05, 0) is 0 Å². The molecule has 0 aromatic carbocycles. The SMILES string of the molecule is O=C([N-]S(=O)(=O)C(F)(F)F)C(F)(F)OC(F)(F)F.[Na+]. The molecule has 0 saturated carbocycles. The van der Waals surface area contributed by atoms with E-state index < -0.39 is 33.9 Å². The van der Waals surface area contributed by atoms with Gasteiger partial charge in [0.25, 0.3) is 0 Å². The van der Waals surface area contributed by atoms with Crippen molar-refractivity contribution in [1.29, 1.82) is 0 Å². The molecular formula is C4F8NNaO4S. The average Bonchev–Trinajstić information content (AvgIpc) is 1.95. The third-order valence-electron chi connectivity index (χ3n) is 0.988. The summed E-state index contributed by atoms with van der Waals surface area (Å²) in [6.07, 6.45) is -12.0. The van der Waals surface area contributed by atoms with Gasteiger partial charge >= 0.3 is 47.5 Å². The smallest absolute Gasteiger partial charge is 0.531 e. The molecule has 0 saturated heterocycles. The van der Waals surface area contributed by atoms with Crippen LogP contribution in [-0.4, -0.2) is 32.3 Å². The van der Waals surface area contributed by atoms with Crippen LogP contribution in [0, 0.1) is 0 Å². The maximum Gasteiger partial charge on any atom is 1.00 e. The maximum atomic E-state index is 12.2. The third-order valence-corrected chi connectivity index (χ3v) is 1.98. The summed E-state index contributed by atoms with van der Waals surface area (Å²) >= 11 is 0. The van der Waals surface area contributed by atoms with Crippen molar-refractivity contribution in [3.05, 3.63) is 4.72 Å². The molecule has 0 spiro atoms. The van der Waals surface area contributed by atoms with Crippen molar-refractivity contribution in [1.82, 2.24) is 0 Å². The Morgan fingerprint density at radius 2 is 1.32 bits per heavy atom. The molecule has 0 atom stereocenters. The van der Waals surface area contributed by atoms with E-state index in [4.69, 9.17) is 0 Å². The Bertz CT molecular complexity index is 427. The standard InChI is InChI=1S/C4HF8NO4S.Na/c5-2(6,17-3(7,8)9)1(14)13-18(15,16)4(10,11)12;/h(H,13,14);/q;+1/p-1. The van der Waals surface area contributed by atoms with Crippen molar-refractivity contribution >= 4 is 15.9 Å². The first-order chi connectivity index (χ1) is 7.58. The number of alkyl halides is 8. The number of sulfonamides is 1. The summed E-state index contributed by atoms with van der Waals surface area (Å²) in [6, 6.07) is 0. The maximum absolute atomic E-state index is 12.2. The number of hydrogen-bond acceptors (Lipinski definition) is 4. The second-order valence-corrected chi connectivity index (χ2v) is 3.98. The van der Waals surface area contributed by atoms with Gasteiger partial charge in [0.1, 0.15) is 0 Å². The number of carbonyl (C=O) groups is 1. The zero-order chi connectivity index (χ0) is 15.0. The van der Waals surface area contributed by atoms with Gasteiger partial charge in [-0.2, -0.15) is 22.0 Å².